The minimum Gasteiger partial charge on any atom is -0.0773 e. The maximum atomic E-state index is 2.45. The number of benzene rings is 2. The van der Waals surface area contributed by atoms with Gasteiger partial charge in [0, 0.05) is 0 Å². The van der Waals surface area contributed by atoms with Crippen LogP contribution in [0.25, 0.3) is 11.1 Å². The van der Waals surface area contributed by atoms with Crippen molar-refractivity contribution in [3.05, 3.63) is 82.5 Å². The summed E-state index contributed by atoms with van der Waals surface area (Å²) in [6, 6.07) is 11.9. The SMILES string of the molecule is CC(C)(C)c1ccc2c(c1)Cc1c-2ccc(C(C)(C)C)c1CC1C=CC=C1. The van der Waals surface area contributed by atoms with E-state index in [2.05, 4.69) is 96.2 Å². The molecule has 0 unspecified atom stereocenters. The van der Waals surface area contributed by atoms with Crippen LogP contribution in [0.1, 0.15) is 69.4 Å². The van der Waals surface area contributed by atoms with Gasteiger partial charge >= 0.3 is 0 Å². The van der Waals surface area contributed by atoms with Crippen LogP contribution in [-0.4, -0.2) is 0 Å². The normalized spacial score (nSPS) is 16.1. The van der Waals surface area contributed by atoms with E-state index in [0.717, 1.165) is 12.8 Å². The van der Waals surface area contributed by atoms with Gasteiger partial charge in [-0.1, -0.05) is 96.2 Å². The maximum Gasteiger partial charge on any atom is -0.000662 e. The molecule has 2 aromatic carbocycles. The molecule has 0 aliphatic heterocycles. The lowest BCUT2D eigenvalue weighted by Crippen LogP contribution is -2.17. The number of fused-ring (bicyclic) bond motifs is 3. The quantitative estimate of drug-likeness (QED) is 0.458. The first-order valence-corrected chi connectivity index (χ1v) is 10.3. The highest BCUT2D eigenvalue weighted by atomic mass is 14.3. The molecule has 0 heteroatoms. The molecule has 4 rings (SSSR count). The number of rotatable bonds is 2. The minimum absolute atomic E-state index is 0.168. The van der Waals surface area contributed by atoms with Crippen molar-refractivity contribution in [2.75, 3.05) is 0 Å². The van der Waals surface area contributed by atoms with Crippen molar-refractivity contribution in [3.8, 4) is 11.1 Å². The van der Waals surface area contributed by atoms with Crippen LogP contribution >= 0.6 is 0 Å². The van der Waals surface area contributed by atoms with E-state index < -0.39 is 0 Å². The Labute approximate surface area is 165 Å². The van der Waals surface area contributed by atoms with Gasteiger partial charge in [0.1, 0.15) is 0 Å². The molecule has 0 radical (unpaired) electrons. The van der Waals surface area contributed by atoms with E-state index in [-0.39, 0.29) is 10.8 Å². The van der Waals surface area contributed by atoms with Crippen LogP contribution in [-0.2, 0) is 23.7 Å². The van der Waals surface area contributed by atoms with Gasteiger partial charge in [0.05, 0.1) is 0 Å². The van der Waals surface area contributed by atoms with E-state index in [1.54, 1.807) is 11.1 Å². The summed E-state index contributed by atoms with van der Waals surface area (Å²) >= 11 is 0. The molecule has 0 saturated carbocycles. The maximum absolute atomic E-state index is 2.45. The summed E-state index contributed by atoms with van der Waals surface area (Å²) in [6.45, 7) is 13.9. The summed E-state index contributed by atoms with van der Waals surface area (Å²) in [5.74, 6) is 0.534. The fraction of sp³-hybridized carbons (Fsp3) is 0.407. The summed E-state index contributed by atoms with van der Waals surface area (Å²) in [7, 11) is 0. The van der Waals surface area contributed by atoms with Crippen LogP contribution in [0.2, 0.25) is 0 Å². The monoisotopic (exact) mass is 356 g/mol. The highest BCUT2D eigenvalue weighted by Crippen LogP contribution is 2.44. The van der Waals surface area contributed by atoms with E-state index >= 15 is 0 Å². The Morgan fingerprint density at radius 1 is 0.815 bits per heavy atom. The van der Waals surface area contributed by atoms with E-state index in [4.69, 9.17) is 0 Å². The standard InChI is InChI=1S/C27H32/c1-26(2,3)20-11-12-21-19(16-20)17-23-22(21)13-14-25(27(4,5)6)24(23)15-18-9-7-8-10-18/h7-14,16,18H,15,17H2,1-6H3. The average molecular weight is 357 g/mol. The van der Waals surface area contributed by atoms with Crippen molar-refractivity contribution in [1.29, 1.82) is 0 Å². The van der Waals surface area contributed by atoms with Gasteiger partial charge in [0.15, 0.2) is 0 Å². The zero-order valence-corrected chi connectivity index (χ0v) is 17.7. The van der Waals surface area contributed by atoms with E-state index in [1.807, 2.05) is 0 Å². The molecule has 0 bridgehead atoms. The van der Waals surface area contributed by atoms with Crippen molar-refractivity contribution in [3.63, 3.8) is 0 Å². The molecule has 0 amide bonds. The van der Waals surface area contributed by atoms with Crippen molar-refractivity contribution in [2.45, 2.75) is 65.2 Å². The predicted octanol–water partition coefficient (Wildman–Crippen LogP) is 7.14. The van der Waals surface area contributed by atoms with Crippen molar-refractivity contribution in [2.24, 2.45) is 5.92 Å². The summed E-state index contributed by atoms with van der Waals surface area (Å²) < 4.78 is 0. The highest BCUT2D eigenvalue weighted by Gasteiger charge is 2.28. The summed E-state index contributed by atoms with van der Waals surface area (Å²) in [4.78, 5) is 0. The third-order valence-electron chi connectivity index (χ3n) is 6.14. The first-order chi connectivity index (χ1) is 12.6. The molecule has 0 N–H and O–H groups in total. The second kappa shape index (κ2) is 6.23. The van der Waals surface area contributed by atoms with Gasteiger partial charge in [-0.2, -0.15) is 0 Å². The lowest BCUT2D eigenvalue weighted by Gasteiger charge is -2.26. The number of hydrogen-bond acceptors (Lipinski definition) is 0. The third kappa shape index (κ3) is 3.31. The summed E-state index contributed by atoms with van der Waals surface area (Å²) in [6.07, 6.45) is 11.2. The van der Waals surface area contributed by atoms with Crippen LogP contribution in [0.5, 0.6) is 0 Å². The number of hydrogen-bond donors (Lipinski definition) is 0. The van der Waals surface area contributed by atoms with Crippen molar-refractivity contribution >= 4 is 0 Å². The topological polar surface area (TPSA) is 0 Å². The average Bonchev–Trinajstić information content (AvgIpc) is 3.20. The molecule has 2 aromatic rings. The van der Waals surface area contributed by atoms with Crippen molar-refractivity contribution in [1.82, 2.24) is 0 Å². The second-order valence-electron chi connectivity index (χ2n) is 10.3. The van der Waals surface area contributed by atoms with E-state index in [1.165, 1.54) is 27.8 Å². The zero-order chi connectivity index (χ0) is 19.4. The molecular formula is C27H32. The second-order valence-corrected chi connectivity index (χ2v) is 10.3. The number of allylic oxidation sites excluding steroid dienone is 4. The minimum atomic E-state index is 0.168. The van der Waals surface area contributed by atoms with Gasteiger partial charge in [-0.05, 0) is 68.5 Å². The Balaban J connectivity index is 1.83. The lowest BCUT2D eigenvalue weighted by molar-refractivity contribution is 0.577. The molecule has 0 atom stereocenters. The molecule has 2 aliphatic rings. The molecule has 0 saturated heterocycles. The van der Waals surface area contributed by atoms with E-state index in [9.17, 15) is 0 Å². The van der Waals surface area contributed by atoms with Crippen LogP contribution in [0.4, 0.5) is 0 Å². The van der Waals surface area contributed by atoms with Gasteiger partial charge in [-0.15, -0.1) is 0 Å². The molecule has 27 heavy (non-hydrogen) atoms. The van der Waals surface area contributed by atoms with Gasteiger partial charge in [0.2, 0.25) is 0 Å². The first-order valence-electron chi connectivity index (χ1n) is 10.3. The largest absolute Gasteiger partial charge is 0.0773 e. The van der Waals surface area contributed by atoms with Gasteiger partial charge in [-0.3, -0.25) is 0 Å². The van der Waals surface area contributed by atoms with Crippen molar-refractivity contribution < 1.29 is 0 Å². The molecule has 2 aliphatic carbocycles. The Hall–Kier alpha value is -2.08. The lowest BCUT2D eigenvalue weighted by atomic mass is 9.78. The van der Waals surface area contributed by atoms with E-state index in [0.29, 0.717) is 5.92 Å². The van der Waals surface area contributed by atoms with Crippen LogP contribution < -0.4 is 0 Å². The summed E-state index contributed by atoms with van der Waals surface area (Å²) in [5.41, 5.74) is 10.9. The smallest absolute Gasteiger partial charge is 0.000662 e. The molecule has 0 heterocycles. The first kappa shape index (κ1) is 18.3. The Morgan fingerprint density at radius 3 is 2.11 bits per heavy atom. The fourth-order valence-corrected chi connectivity index (χ4v) is 4.59. The van der Waals surface area contributed by atoms with Gasteiger partial charge < -0.3 is 0 Å². The Kier molecular flexibility index (Phi) is 4.22. The Morgan fingerprint density at radius 2 is 1.48 bits per heavy atom. The van der Waals surface area contributed by atoms with Crippen LogP contribution in [0.15, 0.2) is 54.6 Å². The summed E-state index contributed by atoms with van der Waals surface area (Å²) in [5, 5.41) is 0. The molecule has 0 spiro atoms. The van der Waals surface area contributed by atoms with Gasteiger partial charge in [0.25, 0.3) is 0 Å². The molecule has 0 nitrogen and oxygen atoms in total. The van der Waals surface area contributed by atoms with Crippen LogP contribution in [0, 0.1) is 5.92 Å². The van der Waals surface area contributed by atoms with Crippen LogP contribution in [0.3, 0.4) is 0 Å². The Bertz CT molecular complexity index is 927. The third-order valence-corrected chi connectivity index (χ3v) is 6.14. The molecular weight excluding hydrogens is 324 g/mol. The highest BCUT2D eigenvalue weighted by molar-refractivity contribution is 5.79. The van der Waals surface area contributed by atoms with Gasteiger partial charge in [-0.25, -0.2) is 0 Å². The predicted molar refractivity (Wildman–Crippen MR) is 118 cm³/mol. The fourth-order valence-electron chi connectivity index (χ4n) is 4.59. The molecule has 0 aromatic heterocycles. The zero-order valence-electron chi connectivity index (χ0n) is 17.7. The molecule has 140 valence electrons. The molecule has 0 fully saturated rings.